The van der Waals surface area contributed by atoms with Crippen LogP contribution >= 0.6 is 11.6 Å². The average molecular weight is 226 g/mol. The molecule has 1 saturated carbocycles. The van der Waals surface area contributed by atoms with Gasteiger partial charge in [-0.1, -0.05) is 11.6 Å². The third-order valence-electron chi connectivity index (χ3n) is 2.60. The molecule has 0 unspecified atom stereocenters. The maximum absolute atomic E-state index is 9.05. The zero-order valence-electron chi connectivity index (χ0n) is 8.19. The molecule has 2 rings (SSSR count). The van der Waals surface area contributed by atoms with Crippen LogP contribution in [0.15, 0.2) is 18.2 Å². The molecule has 0 spiro atoms. The molecular formula is C10H12BClO3. The molecule has 80 valence electrons. The fourth-order valence-electron chi connectivity index (χ4n) is 1.47. The van der Waals surface area contributed by atoms with E-state index in [2.05, 4.69) is 0 Å². The van der Waals surface area contributed by atoms with Gasteiger partial charge in [0.1, 0.15) is 5.75 Å². The molecule has 1 aliphatic carbocycles. The van der Waals surface area contributed by atoms with Gasteiger partial charge in [0.2, 0.25) is 0 Å². The van der Waals surface area contributed by atoms with Crippen LogP contribution < -0.4 is 10.2 Å². The topological polar surface area (TPSA) is 49.7 Å². The van der Waals surface area contributed by atoms with Crippen LogP contribution in [0.5, 0.6) is 5.75 Å². The minimum absolute atomic E-state index is 0.273. The highest BCUT2D eigenvalue weighted by molar-refractivity contribution is 6.62. The van der Waals surface area contributed by atoms with Crippen LogP contribution in [0.25, 0.3) is 0 Å². The van der Waals surface area contributed by atoms with Gasteiger partial charge in [-0.3, -0.25) is 0 Å². The average Bonchev–Trinajstić information content (AvgIpc) is 2.13. The predicted molar refractivity (Wildman–Crippen MR) is 59.5 cm³/mol. The lowest BCUT2D eigenvalue weighted by Gasteiger charge is -2.26. The van der Waals surface area contributed by atoms with Crippen molar-refractivity contribution in [3.05, 3.63) is 23.2 Å². The molecule has 15 heavy (non-hydrogen) atoms. The molecule has 5 heteroatoms. The summed E-state index contributed by atoms with van der Waals surface area (Å²) in [6.45, 7) is 0. The second-order valence-electron chi connectivity index (χ2n) is 3.73. The van der Waals surface area contributed by atoms with Gasteiger partial charge in [0, 0.05) is 10.5 Å². The van der Waals surface area contributed by atoms with Crippen LogP contribution in [-0.4, -0.2) is 23.3 Å². The number of hydrogen-bond acceptors (Lipinski definition) is 3. The van der Waals surface area contributed by atoms with E-state index in [0.717, 1.165) is 12.8 Å². The smallest absolute Gasteiger partial charge is 0.490 e. The Morgan fingerprint density at radius 3 is 2.60 bits per heavy atom. The van der Waals surface area contributed by atoms with E-state index in [1.807, 2.05) is 0 Å². The predicted octanol–water partition coefficient (Wildman–Crippen LogP) is 0.951. The first-order valence-corrected chi connectivity index (χ1v) is 5.37. The molecule has 1 aliphatic rings. The molecule has 2 N–H and O–H groups in total. The van der Waals surface area contributed by atoms with Gasteiger partial charge in [-0.2, -0.15) is 0 Å². The summed E-state index contributed by atoms with van der Waals surface area (Å²) in [5.74, 6) is 0.646. The summed E-state index contributed by atoms with van der Waals surface area (Å²) >= 11 is 5.80. The molecule has 1 fully saturated rings. The van der Waals surface area contributed by atoms with Crippen LogP contribution in [0.4, 0.5) is 0 Å². The van der Waals surface area contributed by atoms with Crippen LogP contribution in [0.3, 0.4) is 0 Å². The minimum Gasteiger partial charge on any atom is -0.490 e. The number of hydrogen-bond donors (Lipinski definition) is 2. The summed E-state index contributed by atoms with van der Waals surface area (Å²) in [5, 5.41) is 18.4. The lowest BCUT2D eigenvalue weighted by molar-refractivity contribution is 0.120. The summed E-state index contributed by atoms with van der Waals surface area (Å²) < 4.78 is 5.62. The van der Waals surface area contributed by atoms with Gasteiger partial charge in [0.05, 0.1) is 6.10 Å². The molecule has 0 amide bonds. The first-order chi connectivity index (χ1) is 7.16. The van der Waals surface area contributed by atoms with E-state index in [1.165, 1.54) is 6.42 Å². The number of ether oxygens (including phenoxy) is 1. The van der Waals surface area contributed by atoms with Crippen molar-refractivity contribution < 1.29 is 14.8 Å². The molecule has 0 aromatic heterocycles. The SMILES string of the molecule is OB(O)c1cc(OC2CCC2)ccc1Cl. The largest absolute Gasteiger partial charge is 0.490 e. The van der Waals surface area contributed by atoms with Crippen LogP contribution in [0, 0.1) is 0 Å². The van der Waals surface area contributed by atoms with Crippen molar-refractivity contribution in [1.29, 1.82) is 0 Å². The maximum atomic E-state index is 9.05. The molecule has 0 saturated heterocycles. The Balaban J connectivity index is 2.14. The molecule has 0 bridgehead atoms. The van der Waals surface area contributed by atoms with Crippen molar-refractivity contribution in [3.8, 4) is 5.75 Å². The normalized spacial score (nSPS) is 15.9. The second kappa shape index (κ2) is 4.43. The quantitative estimate of drug-likeness (QED) is 0.755. The van der Waals surface area contributed by atoms with E-state index in [1.54, 1.807) is 18.2 Å². The van der Waals surface area contributed by atoms with Gasteiger partial charge >= 0.3 is 7.12 Å². The molecule has 0 radical (unpaired) electrons. The summed E-state index contributed by atoms with van der Waals surface area (Å²) in [4.78, 5) is 0. The highest BCUT2D eigenvalue weighted by Crippen LogP contribution is 2.25. The van der Waals surface area contributed by atoms with E-state index in [0.29, 0.717) is 10.8 Å². The molecule has 0 atom stereocenters. The minimum atomic E-state index is -1.55. The third kappa shape index (κ3) is 2.45. The van der Waals surface area contributed by atoms with E-state index in [4.69, 9.17) is 26.4 Å². The summed E-state index contributed by atoms with van der Waals surface area (Å²) in [6.07, 6.45) is 3.61. The third-order valence-corrected chi connectivity index (χ3v) is 2.94. The van der Waals surface area contributed by atoms with E-state index in [-0.39, 0.29) is 11.6 Å². The van der Waals surface area contributed by atoms with Crippen molar-refractivity contribution in [1.82, 2.24) is 0 Å². The lowest BCUT2D eigenvalue weighted by Crippen LogP contribution is -2.31. The number of halogens is 1. The van der Waals surface area contributed by atoms with Crippen molar-refractivity contribution in [3.63, 3.8) is 0 Å². The molecular weight excluding hydrogens is 214 g/mol. The molecule has 3 nitrogen and oxygen atoms in total. The Morgan fingerprint density at radius 2 is 2.07 bits per heavy atom. The first kappa shape index (κ1) is 10.8. The Hall–Kier alpha value is -0.705. The Labute approximate surface area is 93.8 Å². The number of benzene rings is 1. The number of rotatable bonds is 3. The fraction of sp³-hybridized carbons (Fsp3) is 0.400. The monoisotopic (exact) mass is 226 g/mol. The highest BCUT2D eigenvalue weighted by Gasteiger charge is 2.21. The van der Waals surface area contributed by atoms with Gasteiger partial charge in [0.15, 0.2) is 0 Å². The molecule has 1 aromatic carbocycles. The molecule has 0 heterocycles. The molecule has 1 aromatic rings. The highest BCUT2D eigenvalue weighted by atomic mass is 35.5. The van der Waals surface area contributed by atoms with E-state index in [9.17, 15) is 0 Å². The van der Waals surface area contributed by atoms with Gasteiger partial charge in [-0.05, 0) is 37.5 Å². The van der Waals surface area contributed by atoms with E-state index < -0.39 is 7.12 Å². The molecule has 0 aliphatic heterocycles. The maximum Gasteiger partial charge on any atom is 0.490 e. The zero-order chi connectivity index (χ0) is 10.8. The summed E-state index contributed by atoms with van der Waals surface area (Å²) in [7, 11) is -1.55. The second-order valence-corrected chi connectivity index (χ2v) is 4.13. The van der Waals surface area contributed by atoms with Crippen LogP contribution in [0.2, 0.25) is 5.02 Å². The Kier molecular flexibility index (Phi) is 3.19. The Morgan fingerprint density at radius 1 is 1.33 bits per heavy atom. The van der Waals surface area contributed by atoms with Gasteiger partial charge in [0.25, 0.3) is 0 Å². The van der Waals surface area contributed by atoms with Gasteiger partial charge < -0.3 is 14.8 Å². The first-order valence-electron chi connectivity index (χ1n) is 4.99. The van der Waals surface area contributed by atoms with Crippen molar-refractivity contribution >= 4 is 24.2 Å². The fourth-order valence-corrected chi connectivity index (χ4v) is 1.69. The standard InChI is InChI=1S/C10H12BClO3/c12-10-5-4-8(6-9(10)11(13)14)15-7-2-1-3-7/h4-7,13-14H,1-3H2. The van der Waals surface area contributed by atoms with Gasteiger partial charge in [-0.25, -0.2) is 0 Å². The Bertz CT molecular complexity index is 353. The van der Waals surface area contributed by atoms with E-state index >= 15 is 0 Å². The van der Waals surface area contributed by atoms with Crippen LogP contribution in [-0.2, 0) is 0 Å². The summed E-state index contributed by atoms with van der Waals surface area (Å²) in [5.41, 5.74) is 0.286. The van der Waals surface area contributed by atoms with Crippen molar-refractivity contribution in [2.45, 2.75) is 25.4 Å². The van der Waals surface area contributed by atoms with Crippen LogP contribution in [0.1, 0.15) is 19.3 Å². The van der Waals surface area contributed by atoms with Crippen molar-refractivity contribution in [2.75, 3.05) is 0 Å². The lowest BCUT2D eigenvalue weighted by atomic mass is 9.80. The zero-order valence-corrected chi connectivity index (χ0v) is 8.94. The van der Waals surface area contributed by atoms with Crippen molar-refractivity contribution in [2.24, 2.45) is 0 Å². The summed E-state index contributed by atoms with van der Waals surface area (Å²) in [6, 6.07) is 4.93. The van der Waals surface area contributed by atoms with Gasteiger partial charge in [-0.15, -0.1) is 0 Å².